The van der Waals surface area contributed by atoms with Gasteiger partial charge < -0.3 is 5.32 Å². The molecule has 0 saturated carbocycles. The molecule has 156 valence electrons. The minimum atomic E-state index is -3.48. The summed E-state index contributed by atoms with van der Waals surface area (Å²) in [5, 5.41) is 2.96. The number of carbonyl (C=O) groups is 1. The van der Waals surface area contributed by atoms with E-state index in [1.807, 2.05) is 54.6 Å². The van der Waals surface area contributed by atoms with Crippen LogP contribution in [-0.2, 0) is 16.6 Å². The van der Waals surface area contributed by atoms with E-state index in [-0.39, 0.29) is 18.4 Å². The number of hydrogen-bond acceptors (Lipinski definition) is 3. The van der Waals surface area contributed by atoms with Gasteiger partial charge in [0.05, 0.1) is 18.5 Å². The van der Waals surface area contributed by atoms with Crippen molar-refractivity contribution in [1.29, 1.82) is 0 Å². The topological polar surface area (TPSA) is 66.5 Å². The van der Waals surface area contributed by atoms with Crippen molar-refractivity contribution in [3.05, 3.63) is 95.6 Å². The predicted molar refractivity (Wildman–Crippen MR) is 122 cm³/mol. The minimum absolute atomic E-state index is 0.229. The summed E-state index contributed by atoms with van der Waals surface area (Å²) in [6.07, 6.45) is 1.18. The van der Waals surface area contributed by atoms with Crippen molar-refractivity contribution in [2.45, 2.75) is 26.3 Å². The molecule has 3 rings (SSSR count). The zero-order valence-corrected chi connectivity index (χ0v) is 18.2. The first-order chi connectivity index (χ1) is 14.3. The van der Waals surface area contributed by atoms with Crippen LogP contribution in [0.15, 0.2) is 78.9 Å². The van der Waals surface area contributed by atoms with Crippen LogP contribution in [0.5, 0.6) is 0 Å². The molecule has 0 spiro atoms. The Bertz CT molecular complexity index is 1110. The fraction of sp³-hybridized carbons (Fsp3) is 0.208. The molecule has 0 heterocycles. The number of para-hydroxylation sites is 1. The number of hydrogen-bond donors (Lipinski definition) is 1. The molecule has 0 fully saturated rings. The van der Waals surface area contributed by atoms with E-state index in [0.29, 0.717) is 11.3 Å². The molecule has 0 atom stereocenters. The Labute approximate surface area is 178 Å². The van der Waals surface area contributed by atoms with E-state index in [1.165, 1.54) is 10.6 Å². The Morgan fingerprint density at radius 2 is 1.50 bits per heavy atom. The fourth-order valence-corrected chi connectivity index (χ4v) is 4.13. The molecular formula is C24H26N2O3S. The highest BCUT2D eigenvalue weighted by Crippen LogP contribution is 2.25. The lowest BCUT2D eigenvalue weighted by atomic mass is 10.0. The van der Waals surface area contributed by atoms with Gasteiger partial charge in [0.25, 0.3) is 5.91 Å². The van der Waals surface area contributed by atoms with E-state index >= 15 is 0 Å². The van der Waals surface area contributed by atoms with E-state index in [9.17, 15) is 13.2 Å². The standard InChI is InChI=1S/C24H26N2O3S/c1-18(2)22-11-7-8-12-23(22)25-24(27)20-13-15-21(16-14-20)26(30(3,28)29)17-19-9-5-4-6-10-19/h4-16,18H,17H2,1-3H3,(H,25,27). The first-order valence-corrected chi connectivity index (χ1v) is 11.6. The van der Waals surface area contributed by atoms with Gasteiger partial charge in [0.1, 0.15) is 0 Å². The Hall–Kier alpha value is -3.12. The van der Waals surface area contributed by atoms with Crippen molar-refractivity contribution in [2.24, 2.45) is 0 Å². The molecule has 0 bridgehead atoms. The lowest BCUT2D eigenvalue weighted by molar-refractivity contribution is 0.102. The fourth-order valence-electron chi connectivity index (χ4n) is 3.24. The molecule has 0 aliphatic rings. The van der Waals surface area contributed by atoms with Crippen LogP contribution in [0.25, 0.3) is 0 Å². The summed E-state index contributed by atoms with van der Waals surface area (Å²) < 4.78 is 26.0. The molecule has 6 heteroatoms. The van der Waals surface area contributed by atoms with Crippen LogP contribution in [0.1, 0.15) is 41.3 Å². The molecule has 0 aromatic heterocycles. The second-order valence-electron chi connectivity index (χ2n) is 7.50. The molecule has 1 N–H and O–H groups in total. The van der Waals surface area contributed by atoms with Crippen LogP contribution in [0.2, 0.25) is 0 Å². The van der Waals surface area contributed by atoms with Crippen LogP contribution in [0.3, 0.4) is 0 Å². The van der Waals surface area contributed by atoms with Gasteiger partial charge in [-0.3, -0.25) is 9.10 Å². The van der Waals surface area contributed by atoms with Gasteiger partial charge in [-0.25, -0.2) is 8.42 Å². The maximum atomic E-state index is 12.7. The molecule has 0 aliphatic heterocycles. The molecule has 0 saturated heterocycles. The van der Waals surface area contributed by atoms with Crippen molar-refractivity contribution < 1.29 is 13.2 Å². The van der Waals surface area contributed by atoms with Crippen LogP contribution < -0.4 is 9.62 Å². The van der Waals surface area contributed by atoms with Crippen molar-refractivity contribution in [3.8, 4) is 0 Å². The van der Waals surface area contributed by atoms with Crippen LogP contribution in [0, 0.1) is 0 Å². The summed E-state index contributed by atoms with van der Waals surface area (Å²) in [5.74, 6) is 0.0498. The number of carbonyl (C=O) groups excluding carboxylic acids is 1. The highest BCUT2D eigenvalue weighted by Gasteiger charge is 2.18. The summed E-state index contributed by atoms with van der Waals surface area (Å²) in [7, 11) is -3.48. The number of benzene rings is 3. The molecule has 3 aromatic rings. The highest BCUT2D eigenvalue weighted by atomic mass is 32.2. The summed E-state index contributed by atoms with van der Waals surface area (Å²) in [4.78, 5) is 12.7. The third-order valence-electron chi connectivity index (χ3n) is 4.82. The Morgan fingerprint density at radius 1 is 0.900 bits per heavy atom. The van der Waals surface area contributed by atoms with Crippen LogP contribution in [-0.4, -0.2) is 20.6 Å². The third-order valence-corrected chi connectivity index (χ3v) is 5.96. The van der Waals surface area contributed by atoms with E-state index in [0.717, 1.165) is 16.8 Å². The van der Waals surface area contributed by atoms with Crippen molar-refractivity contribution >= 4 is 27.3 Å². The summed E-state index contributed by atoms with van der Waals surface area (Å²) in [5.41, 5.74) is 3.71. The van der Waals surface area contributed by atoms with E-state index < -0.39 is 10.0 Å². The summed E-state index contributed by atoms with van der Waals surface area (Å²) in [6, 6.07) is 23.7. The molecule has 30 heavy (non-hydrogen) atoms. The third kappa shape index (κ3) is 5.27. The quantitative estimate of drug-likeness (QED) is 0.581. The van der Waals surface area contributed by atoms with Gasteiger partial charge >= 0.3 is 0 Å². The maximum absolute atomic E-state index is 12.7. The molecule has 0 unspecified atom stereocenters. The highest BCUT2D eigenvalue weighted by molar-refractivity contribution is 7.92. The van der Waals surface area contributed by atoms with E-state index in [4.69, 9.17) is 0 Å². The van der Waals surface area contributed by atoms with Crippen molar-refractivity contribution in [2.75, 3.05) is 15.9 Å². The average molecular weight is 423 g/mol. The normalized spacial score (nSPS) is 11.3. The van der Waals surface area contributed by atoms with Crippen molar-refractivity contribution in [1.82, 2.24) is 0 Å². The van der Waals surface area contributed by atoms with Crippen molar-refractivity contribution in [3.63, 3.8) is 0 Å². The van der Waals surface area contributed by atoms with Gasteiger partial charge in [-0.15, -0.1) is 0 Å². The molecular weight excluding hydrogens is 396 g/mol. The number of amides is 1. The second-order valence-corrected chi connectivity index (χ2v) is 9.40. The SMILES string of the molecule is CC(C)c1ccccc1NC(=O)c1ccc(N(Cc2ccccc2)S(C)(=O)=O)cc1. The second kappa shape index (κ2) is 9.13. The molecule has 1 amide bonds. The smallest absolute Gasteiger partial charge is 0.255 e. The minimum Gasteiger partial charge on any atom is -0.322 e. The van der Waals surface area contributed by atoms with Crippen LogP contribution in [0.4, 0.5) is 11.4 Å². The first-order valence-electron chi connectivity index (χ1n) is 9.77. The average Bonchev–Trinajstić information content (AvgIpc) is 2.72. The lowest BCUT2D eigenvalue weighted by Crippen LogP contribution is -2.29. The van der Waals surface area contributed by atoms with Gasteiger partial charge in [-0.2, -0.15) is 0 Å². The Kier molecular flexibility index (Phi) is 6.57. The molecule has 0 aliphatic carbocycles. The molecule has 5 nitrogen and oxygen atoms in total. The Morgan fingerprint density at radius 3 is 2.10 bits per heavy atom. The monoisotopic (exact) mass is 422 g/mol. The van der Waals surface area contributed by atoms with E-state index in [2.05, 4.69) is 19.2 Å². The number of nitrogens with zero attached hydrogens (tertiary/aromatic N) is 1. The van der Waals surface area contributed by atoms with Gasteiger partial charge in [0.15, 0.2) is 0 Å². The summed E-state index contributed by atoms with van der Waals surface area (Å²) in [6.45, 7) is 4.38. The Balaban J connectivity index is 1.81. The van der Waals surface area contributed by atoms with Gasteiger partial charge in [-0.1, -0.05) is 62.4 Å². The molecule has 0 radical (unpaired) electrons. The first kappa shape index (κ1) is 21.6. The number of rotatable bonds is 7. The van der Waals surface area contributed by atoms with Crippen LogP contribution >= 0.6 is 0 Å². The van der Waals surface area contributed by atoms with E-state index in [1.54, 1.807) is 24.3 Å². The zero-order valence-electron chi connectivity index (χ0n) is 17.4. The zero-order chi connectivity index (χ0) is 21.7. The maximum Gasteiger partial charge on any atom is 0.255 e. The van der Waals surface area contributed by atoms with Gasteiger partial charge in [0, 0.05) is 11.3 Å². The predicted octanol–water partition coefficient (Wildman–Crippen LogP) is 5.03. The van der Waals surface area contributed by atoms with Gasteiger partial charge in [0.2, 0.25) is 10.0 Å². The number of anilines is 2. The molecule has 3 aromatic carbocycles. The summed E-state index contributed by atoms with van der Waals surface area (Å²) >= 11 is 0. The number of sulfonamides is 1. The largest absolute Gasteiger partial charge is 0.322 e. The van der Waals surface area contributed by atoms with Gasteiger partial charge in [-0.05, 0) is 47.4 Å². The number of nitrogens with one attached hydrogen (secondary N) is 1. The lowest BCUT2D eigenvalue weighted by Gasteiger charge is -2.23.